The molecule has 2 unspecified atom stereocenters. The second kappa shape index (κ2) is 9.59. The molecule has 0 radical (unpaired) electrons. The number of carbonyl (C=O) groups excluding carboxylic acids is 1. The lowest BCUT2D eigenvalue weighted by Gasteiger charge is -2.18. The van der Waals surface area contributed by atoms with Crippen molar-refractivity contribution < 1.29 is 17.9 Å². The Morgan fingerprint density at radius 1 is 1.11 bits per heavy atom. The molecule has 28 heavy (non-hydrogen) atoms. The van der Waals surface area contributed by atoms with E-state index in [0.29, 0.717) is 11.6 Å². The molecule has 0 fully saturated rings. The number of ether oxygens (including phenoxy) is 1. The van der Waals surface area contributed by atoms with Gasteiger partial charge in [0.25, 0.3) is 5.91 Å². The average molecular weight is 405 g/mol. The van der Waals surface area contributed by atoms with E-state index < -0.39 is 10.0 Å². The van der Waals surface area contributed by atoms with Crippen LogP contribution in [-0.4, -0.2) is 27.2 Å². The van der Waals surface area contributed by atoms with Crippen LogP contribution < -0.4 is 14.8 Å². The van der Waals surface area contributed by atoms with Crippen molar-refractivity contribution in [3.05, 3.63) is 59.7 Å². The first kappa shape index (κ1) is 21.8. The maximum atomic E-state index is 12.3. The Morgan fingerprint density at radius 3 is 2.50 bits per heavy atom. The highest BCUT2D eigenvalue weighted by atomic mass is 32.2. The van der Waals surface area contributed by atoms with Gasteiger partial charge in [-0.15, -0.1) is 0 Å². The molecule has 2 N–H and O–H groups in total. The van der Waals surface area contributed by atoms with Crippen molar-refractivity contribution in [3.63, 3.8) is 0 Å². The van der Waals surface area contributed by atoms with Gasteiger partial charge < -0.3 is 10.1 Å². The second-order valence-electron chi connectivity index (χ2n) is 6.92. The number of hydrogen-bond acceptors (Lipinski definition) is 4. The van der Waals surface area contributed by atoms with Crippen molar-refractivity contribution in [2.75, 3.05) is 17.6 Å². The molecule has 2 rings (SSSR count). The first-order valence-electron chi connectivity index (χ1n) is 9.28. The minimum atomic E-state index is -3.35. The molecule has 2 atom stereocenters. The van der Waals surface area contributed by atoms with E-state index in [0.717, 1.165) is 29.6 Å². The molecular weight excluding hydrogens is 376 g/mol. The van der Waals surface area contributed by atoms with Gasteiger partial charge in [0.1, 0.15) is 5.75 Å². The molecule has 0 bridgehead atoms. The molecule has 1 amide bonds. The third kappa shape index (κ3) is 6.56. The third-order valence-corrected chi connectivity index (χ3v) is 5.09. The van der Waals surface area contributed by atoms with E-state index in [9.17, 15) is 13.2 Å². The number of para-hydroxylation sites is 1. The summed E-state index contributed by atoms with van der Waals surface area (Å²) in [7, 11) is -3.35. The lowest BCUT2D eigenvalue weighted by molar-refractivity contribution is -0.123. The number of carbonyl (C=O) groups is 1. The van der Waals surface area contributed by atoms with Crippen LogP contribution in [0.3, 0.4) is 0 Å². The first-order chi connectivity index (χ1) is 13.2. The minimum absolute atomic E-state index is 0.0843. The van der Waals surface area contributed by atoms with Crippen LogP contribution in [-0.2, 0) is 14.8 Å². The van der Waals surface area contributed by atoms with Gasteiger partial charge in [0, 0.05) is 5.69 Å². The number of benzene rings is 2. The van der Waals surface area contributed by atoms with Crippen LogP contribution in [0.5, 0.6) is 5.75 Å². The summed E-state index contributed by atoms with van der Waals surface area (Å²) >= 11 is 0. The van der Waals surface area contributed by atoms with Crippen LogP contribution >= 0.6 is 0 Å². The van der Waals surface area contributed by atoms with Gasteiger partial charge in [0.2, 0.25) is 10.0 Å². The van der Waals surface area contributed by atoms with E-state index >= 15 is 0 Å². The van der Waals surface area contributed by atoms with Crippen LogP contribution in [0.15, 0.2) is 48.5 Å². The first-order valence-corrected chi connectivity index (χ1v) is 11.2. The zero-order chi connectivity index (χ0) is 20.7. The van der Waals surface area contributed by atoms with Gasteiger partial charge in [-0.3, -0.25) is 9.52 Å². The SMILES string of the molecule is CCC(C)c1ccccc1OCC(=O)NC(C)c1cccc(NS(C)(=O)=O)c1. The lowest BCUT2D eigenvalue weighted by Crippen LogP contribution is -2.31. The maximum Gasteiger partial charge on any atom is 0.258 e. The zero-order valence-electron chi connectivity index (χ0n) is 16.7. The third-order valence-electron chi connectivity index (χ3n) is 4.49. The quantitative estimate of drug-likeness (QED) is 0.665. The van der Waals surface area contributed by atoms with Gasteiger partial charge in [-0.05, 0) is 48.6 Å². The van der Waals surface area contributed by atoms with E-state index in [-0.39, 0.29) is 18.6 Å². The number of hydrogen-bond donors (Lipinski definition) is 2. The highest BCUT2D eigenvalue weighted by Crippen LogP contribution is 2.28. The molecule has 0 aromatic heterocycles. The van der Waals surface area contributed by atoms with Gasteiger partial charge in [-0.2, -0.15) is 0 Å². The van der Waals surface area contributed by atoms with E-state index in [1.807, 2.05) is 37.3 Å². The Labute approximate surface area is 167 Å². The molecule has 0 spiro atoms. The Hall–Kier alpha value is -2.54. The Morgan fingerprint density at radius 2 is 1.82 bits per heavy atom. The Bertz CT molecular complexity index is 912. The topological polar surface area (TPSA) is 84.5 Å². The van der Waals surface area contributed by atoms with Crippen molar-refractivity contribution in [2.24, 2.45) is 0 Å². The number of sulfonamides is 1. The predicted molar refractivity (Wildman–Crippen MR) is 112 cm³/mol. The Balaban J connectivity index is 1.98. The summed E-state index contributed by atoms with van der Waals surface area (Å²) in [4.78, 5) is 12.3. The normalized spacial score (nSPS) is 13.4. The molecule has 7 heteroatoms. The molecule has 0 saturated heterocycles. The van der Waals surface area contributed by atoms with Crippen molar-refractivity contribution in [1.29, 1.82) is 0 Å². The molecule has 0 aliphatic heterocycles. The van der Waals surface area contributed by atoms with Crippen molar-refractivity contribution in [1.82, 2.24) is 5.32 Å². The molecular formula is C21H28N2O4S. The molecule has 6 nitrogen and oxygen atoms in total. The van der Waals surface area contributed by atoms with Crippen molar-refractivity contribution in [2.45, 2.75) is 39.2 Å². The molecule has 0 aliphatic carbocycles. The van der Waals surface area contributed by atoms with Gasteiger partial charge in [0.15, 0.2) is 6.61 Å². The Kier molecular flexibility index (Phi) is 7.45. The van der Waals surface area contributed by atoms with E-state index in [2.05, 4.69) is 23.9 Å². The van der Waals surface area contributed by atoms with Gasteiger partial charge >= 0.3 is 0 Å². The molecule has 152 valence electrons. The summed E-state index contributed by atoms with van der Waals surface area (Å²) < 4.78 is 30.9. The highest BCUT2D eigenvalue weighted by Gasteiger charge is 2.14. The van der Waals surface area contributed by atoms with Crippen LogP contribution in [0.2, 0.25) is 0 Å². The second-order valence-corrected chi connectivity index (χ2v) is 8.67. The number of rotatable bonds is 9. The van der Waals surface area contributed by atoms with Crippen LogP contribution in [0.25, 0.3) is 0 Å². The highest BCUT2D eigenvalue weighted by molar-refractivity contribution is 7.92. The monoisotopic (exact) mass is 404 g/mol. The molecule has 2 aromatic rings. The molecule has 0 saturated carbocycles. The lowest BCUT2D eigenvalue weighted by atomic mass is 9.98. The predicted octanol–water partition coefficient (Wildman–Crippen LogP) is 3.83. The van der Waals surface area contributed by atoms with Gasteiger partial charge in [-0.1, -0.05) is 44.2 Å². The van der Waals surface area contributed by atoms with Crippen molar-refractivity contribution >= 4 is 21.6 Å². The minimum Gasteiger partial charge on any atom is -0.483 e. The summed E-state index contributed by atoms with van der Waals surface area (Å²) in [5.41, 5.74) is 2.34. The van der Waals surface area contributed by atoms with E-state index in [4.69, 9.17) is 4.74 Å². The fraction of sp³-hybridized carbons (Fsp3) is 0.381. The largest absolute Gasteiger partial charge is 0.483 e. The smallest absolute Gasteiger partial charge is 0.258 e. The van der Waals surface area contributed by atoms with Gasteiger partial charge in [-0.25, -0.2) is 8.42 Å². The van der Waals surface area contributed by atoms with Gasteiger partial charge in [0.05, 0.1) is 12.3 Å². The van der Waals surface area contributed by atoms with Crippen LogP contribution in [0.4, 0.5) is 5.69 Å². The summed E-state index contributed by atoms with van der Waals surface area (Å²) in [6, 6.07) is 14.4. The van der Waals surface area contributed by atoms with Crippen LogP contribution in [0.1, 0.15) is 50.3 Å². The van der Waals surface area contributed by atoms with E-state index in [1.54, 1.807) is 18.2 Å². The number of anilines is 1. The fourth-order valence-corrected chi connectivity index (χ4v) is 3.39. The molecule has 2 aromatic carbocycles. The standard InChI is InChI=1S/C21H28N2O4S/c1-5-15(2)19-11-6-7-12-20(19)27-14-21(24)22-16(3)17-9-8-10-18(13-17)23-28(4,25)26/h6-13,15-16,23H,5,14H2,1-4H3,(H,22,24). The summed E-state index contributed by atoms with van der Waals surface area (Å²) in [6.45, 7) is 5.99. The van der Waals surface area contributed by atoms with Crippen LogP contribution in [0, 0.1) is 0 Å². The summed E-state index contributed by atoms with van der Waals surface area (Å²) in [5.74, 6) is 0.829. The zero-order valence-corrected chi connectivity index (χ0v) is 17.5. The van der Waals surface area contributed by atoms with Crippen molar-refractivity contribution in [3.8, 4) is 5.75 Å². The average Bonchev–Trinajstić information content (AvgIpc) is 2.64. The summed E-state index contributed by atoms with van der Waals surface area (Å²) in [6.07, 6.45) is 2.08. The fourth-order valence-electron chi connectivity index (χ4n) is 2.83. The number of amides is 1. The maximum absolute atomic E-state index is 12.3. The summed E-state index contributed by atoms with van der Waals surface area (Å²) in [5, 5.41) is 2.88. The molecule has 0 heterocycles. The number of nitrogens with one attached hydrogen (secondary N) is 2. The molecule has 0 aliphatic rings. The van der Waals surface area contributed by atoms with E-state index in [1.165, 1.54) is 0 Å².